The molecule has 0 bridgehead atoms. The molecule has 0 saturated heterocycles. The molecule has 1 aliphatic carbocycles. The number of carboxylic acid groups (broad SMARTS) is 1. The smallest absolute Gasteiger partial charge is 0.323 e. The van der Waals surface area contributed by atoms with Gasteiger partial charge < -0.3 is 20.7 Å². The maximum atomic E-state index is 11.0. The van der Waals surface area contributed by atoms with Crippen LogP contribution < -0.4 is 10.5 Å². The van der Waals surface area contributed by atoms with Gasteiger partial charge in [0.05, 0.1) is 6.61 Å². The first kappa shape index (κ1) is 12.9. The summed E-state index contributed by atoms with van der Waals surface area (Å²) < 4.78 is 5.70. The Morgan fingerprint density at radius 3 is 2.61 bits per heavy atom. The van der Waals surface area contributed by atoms with Gasteiger partial charge in [0.15, 0.2) is 0 Å². The molecule has 1 aromatic rings. The van der Waals surface area contributed by atoms with Crippen molar-refractivity contribution < 1.29 is 19.7 Å². The average molecular weight is 251 g/mol. The molecule has 4 N–H and O–H groups in total. The molecule has 2 atom stereocenters. The Kier molecular flexibility index (Phi) is 3.54. The minimum Gasteiger partial charge on any atom is -0.490 e. The molecule has 5 heteroatoms. The van der Waals surface area contributed by atoms with E-state index >= 15 is 0 Å². The van der Waals surface area contributed by atoms with Crippen LogP contribution in [0.4, 0.5) is 0 Å². The summed E-state index contributed by atoms with van der Waals surface area (Å²) in [4.78, 5) is 11.0. The maximum absolute atomic E-state index is 11.0. The van der Waals surface area contributed by atoms with Crippen molar-refractivity contribution in [2.75, 3.05) is 0 Å². The minimum atomic E-state index is -1.16. The molecule has 1 aromatic carbocycles. The Morgan fingerprint density at radius 1 is 1.44 bits per heavy atom. The predicted molar refractivity (Wildman–Crippen MR) is 65.2 cm³/mol. The second kappa shape index (κ2) is 4.96. The van der Waals surface area contributed by atoms with Crippen LogP contribution in [0.3, 0.4) is 0 Å². The molecule has 1 fully saturated rings. The fraction of sp³-hybridized carbons (Fsp3) is 0.462. The van der Waals surface area contributed by atoms with Crippen molar-refractivity contribution in [1.82, 2.24) is 0 Å². The van der Waals surface area contributed by atoms with Gasteiger partial charge in [0, 0.05) is 6.42 Å². The summed E-state index contributed by atoms with van der Waals surface area (Å²) in [6.45, 7) is -0.00532. The van der Waals surface area contributed by atoms with Crippen LogP contribution in [-0.4, -0.2) is 27.8 Å². The molecule has 5 nitrogen and oxygen atoms in total. The van der Waals surface area contributed by atoms with Crippen LogP contribution in [0, 0.1) is 0 Å². The molecule has 18 heavy (non-hydrogen) atoms. The van der Waals surface area contributed by atoms with E-state index in [4.69, 9.17) is 20.7 Å². The van der Waals surface area contributed by atoms with Gasteiger partial charge in [0.25, 0.3) is 0 Å². The Morgan fingerprint density at radius 2 is 2.11 bits per heavy atom. The Balaban J connectivity index is 1.97. The van der Waals surface area contributed by atoms with Gasteiger partial charge >= 0.3 is 5.97 Å². The van der Waals surface area contributed by atoms with Crippen LogP contribution in [0.1, 0.15) is 24.8 Å². The molecule has 0 heterocycles. The summed E-state index contributed by atoms with van der Waals surface area (Å²) in [5.41, 5.74) is 5.43. The molecule has 1 saturated carbocycles. The first-order valence-electron chi connectivity index (χ1n) is 5.92. The van der Waals surface area contributed by atoms with E-state index in [1.54, 1.807) is 24.3 Å². The zero-order valence-corrected chi connectivity index (χ0v) is 10.0. The van der Waals surface area contributed by atoms with Crippen molar-refractivity contribution in [3.63, 3.8) is 0 Å². The molecule has 98 valence electrons. The summed E-state index contributed by atoms with van der Waals surface area (Å²) in [6.07, 6.45) is 1.24. The van der Waals surface area contributed by atoms with Gasteiger partial charge in [0.1, 0.15) is 17.4 Å². The lowest BCUT2D eigenvalue weighted by atomic mass is 10.00. The van der Waals surface area contributed by atoms with E-state index in [0.29, 0.717) is 25.0 Å². The van der Waals surface area contributed by atoms with E-state index in [1.807, 2.05) is 0 Å². The van der Waals surface area contributed by atoms with Crippen molar-refractivity contribution in [1.29, 1.82) is 0 Å². The number of benzene rings is 1. The van der Waals surface area contributed by atoms with Gasteiger partial charge in [-0.1, -0.05) is 12.1 Å². The number of carboxylic acids is 1. The number of nitrogens with two attached hydrogens (primary N) is 1. The lowest BCUT2D eigenvalue weighted by Gasteiger charge is -2.18. The molecule has 0 aliphatic heterocycles. The lowest BCUT2D eigenvalue weighted by Crippen LogP contribution is -2.46. The fourth-order valence-corrected chi connectivity index (χ4v) is 2.19. The van der Waals surface area contributed by atoms with E-state index in [9.17, 15) is 4.79 Å². The quantitative estimate of drug-likeness (QED) is 0.739. The highest BCUT2D eigenvalue weighted by Gasteiger charge is 2.43. The normalized spacial score (nSPS) is 27.1. The highest BCUT2D eigenvalue weighted by Crippen LogP contribution is 2.31. The third-order valence-electron chi connectivity index (χ3n) is 3.34. The van der Waals surface area contributed by atoms with Crippen LogP contribution in [-0.2, 0) is 11.4 Å². The Hall–Kier alpha value is -1.59. The number of rotatable bonds is 4. The number of hydrogen-bond donors (Lipinski definition) is 3. The molecule has 2 rings (SSSR count). The zero-order valence-electron chi connectivity index (χ0n) is 10.0. The molecule has 1 aliphatic rings. The number of ether oxygens (including phenoxy) is 1. The topological polar surface area (TPSA) is 92.8 Å². The van der Waals surface area contributed by atoms with Gasteiger partial charge in [-0.25, -0.2) is 0 Å². The molecule has 0 aromatic heterocycles. The van der Waals surface area contributed by atoms with Gasteiger partial charge in [0.2, 0.25) is 0 Å². The summed E-state index contributed by atoms with van der Waals surface area (Å²) >= 11 is 0. The van der Waals surface area contributed by atoms with Crippen LogP contribution in [0.15, 0.2) is 24.3 Å². The molecule has 2 unspecified atom stereocenters. The van der Waals surface area contributed by atoms with Gasteiger partial charge in [-0.05, 0) is 30.5 Å². The summed E-state index contributed by atoms with van der Waals surface area (Å²) in [5, 5.41) is 17.9. The van der Waals surface area contributed by atoms with Gasteiger partial charge in [-0.2, -0.15) is 0 Å². The van der Waals surface area contributed by atoms with Gasteiger partial charge in [-0.3, -0.25) is 4.79 Å². The van der Waals surface area contributed by atoms with Crippen LogP contribution >= 0.6 is 0 Å². The summed E-state index contributed by atoms with van der Waals surface area (Å²) in [7, 11) is 0. The van der Waals surface area contributed by atoms with E-state index in [1.165, 1.54) is 0 Å². The standard InChI is InChI=1S/C13H17NO4/c14-13(12(16)17)6-5-11(7-13)18-10-3-1-9(8-15)2-4-10/h1-4,11,15H,5-8,14H2,(H,16,17). The highest BCUT2D eigenvalue weighted by atomic mass is 16.5. The first-order chi connectivity index (χ1) is 8.53. The lowest BCUT2D eigenvalue weighted by molar-refractivity contribution is -0.143. The van der Waals surface area contributed by atoms with Crippen LogP contribution in [0.25, 0.3) is 0 Å². The minimum absolute atomic E-state index is 0.00532. The van der Waals surface area contributed by atoms with E-state index in [-0.39, 0.29) is 12.7 Å². The largest absolute Gasteiger partial charge is 0.490 e. The molecule has 0 radical (unpaired) electrons. The number of aliphatic hydroxyl groups is 1. The van der Waals surface area contributed by atoms with Crippen molar-refractivity contribution in [3.8, 4) is 5.75 Å². The third-order valence-corrected chi connectivity index (χ3v) is 3.34. The maximum Gasteiger partial charge on any atom is 0.323 e. The monoisotopic (exact) mass is 251 g/mol. The Labute approximate surface area is 105 Å². The molecule has 0 spiro atoms. The molecule has 0 amide bonds. The summed E-state index contributed by atoms with van der Waals surface area (Å²) in [6, 6.07) is 7.08. The summed E-state index contributed by atoms with van der Waals surface area (Å²) in [5.74, 6) is -0.295. The van der Waals surface area contributed by atoms with Crippen LogP contribution in [0.2, 0.25) is 0 Å². The van der Waals surface area contributed by atoms with Crippen LogP contribution in [0.5, 0.6) is 5.75 Å². The van der Waals surface area contributed by atoms with Crippen molar-refractivity contribution in [2.45, 2.75) is 37.5 Å². The Bertz CT molecular complexity index is 431. The van der Waals surface area contributed by atoms with Crippen molar-refractivity contribution in [2.24, 2.45) is 5.73 Å². The SMILES string of the molecule is NC1(C(=O)O)CCC(Oc2ccc(CO)cc2)C1. The fourth-order valence-electron chi connectivity index (χ4n) is 2.19. The van der Waals surface area contributed by atoms with E-state index in [2.05, 4.69) is 0 Å². The number of aliphatic hydroxyl groups excluding tert-OH is 1. The number of hydrogen-bond acceptors (Lipinski definition) is 4. The second-order valence-corrected chi connectivity index (χ2v) is 4.75. The highest BCUT2D eigenvalue weighted by molar-refractivity contribution is 5.79. The first-order valence-corrected chi connectivity index (χ1v) is 5.92. The average Bonchev–Trinajstić information content (AvgIpc) is 2.73. The zero-order chi connectivity index (χ0) is 13.2. The third kappa shape index (κ3) is 2.63. The number of carbonyl (C=O) groups is 1. The predicted octanol–water partition coefficient (Wildman–Crippen LogP) is 0.892. The van der Waals surface area contributed by atoms with E-state index < -0.39 is 11.5 Å². The van der Waals surface area contributed by atoms with E-state index in [0.717, 1.165) is 5.56 Å². The second-order valence-electron chi connectivity index (χ2n) is 4.75. The molecular weight excluding hydrogens is 234 g/mol. The van der Waals surface area contributed by atoms with Crippen molar-refractivity contribution in [3.05, 3.63) is 29.8 Å². The van der Waals surface area contributed by atoms with Crippen molar-refractivity contribution >= 4 is 5.97 Å². The number of aliphatic carboxylic acids is 1. The molecular formula is C13H17NO4. The van der Waals surface area contributed by atoms with Gasteiger partial charge in [-0.15, -0.1) is 0 Å².